The summed E-state index contributed by atoms with van der Waals surface area (Å²) in [4.78, 5) is 3.90. The van der Waals surface area contributed by atoms with Crippen LogP contribution in [0.5, 0.6) is 5.75 Å². The number of hydrogen-bond donors (Lipinski definition) is 1. The van der Waals surface area contributed by atoms with Crippen LogP contribution in [0.2, 0.25) is 0 Å². The van der Waals surface area contributed by atoms with Gasteiger partial charge in [-0.2, -0.15) is 10.5 Å². The third kappa shape index (κ3) is 1.51. The smallest absolute Gasteiger partial charge is 0.167 e. The zero-order chi connectivity index (χ0) is 8.97. The second kappa shape index (κ2) is 3.38. The molecular weight excluding hydrogens is 156 g/mol. The fourth-order valence-electron chi connectivity index (χ4n) is 0.781. The first kappa shape index (κ1) is 8.06. The van der Waals surface area contributed by atoms with Crippen LogP contribution in [0.1, 0.15) is 11.1 Å². The van der Waals surface area contributed by atoms with Gasteiger partial charge in [0, 0.05) is 12.1 Å². The fourth-order valence-corrected chi connectivity index (χ4v) is 0.781. The van der Waals surface area contributed by atoms with Crippen molar-refractivity contribution in [1.29, 1.82) is 10.5 Å². The van der Waals surface area contributed by atoms with Crippen LogP contribution >= 0.6 is 0 Å². The lowest BCUT2D eigenvalue weighted by Gasteiger charge is -1.96. The molecule has 0 unspecified atom stereocenters. The largest absolute Gasteiger partial charge is 0.340 e. The third-order valence-electron chi connectivity index (χ3n) is 1.27. The van der Waals surface area contributed by atoms with Crippen LogP contribution < -0.4 is 4.89 Å². The molecule has 0 amide bonds. The van der Waals surface area contributed by atoms with Crippen molar-refractivity contribution in [1.82, 2.24) is 0 Å². The monoisotopic (exact) mass is 160 g/mol. The fraction of sp³-hybridized carbons (Fsp3) is 0. The van der Waals surface area contributed by atoms with Crippen molar-refractivity contribution >= 4 is 0 Å². The summed E-state index contributed by atoms with van der Waals surface area (Å²) in [6.45, 7) is 0. The number of benzene rings is 1. The first-order chi connectivity index (χ1) is 5.80. The van der Waals surface area contributed by atoms with Gasteiger partial charge in [-0.25, -0.2) is 5.26 Å². The Hall–Kier alpha value is -2.04. The van der Waals surface area contributed by atoms with Crippen LogP contribution in [0.25, 0.3) is 0 Å². The predicted molar refractivity (Wildman–Crippen MR) is 39.1 cm³/mol. The van der Waals surface area contributed by atoms with Gasteiger partial charge in [-0.05, 0) is 6.07 Å². The van der Waals surface area contributed by atoms with Crippen LogP contribution in [0, 0.1) is 22.7 Å². The molecule has 0 fully saturated rings. The lowest BCUT2D eigenvalue weighted by atomic mass is 10.1. The van der Waals surface area contributed by atoms with E-state index in [0.29, 0.717) is 0 Å². The lowest BCUT2D eigenvalue weighted by molar-refractivity contribution is -0.137. The Bertz CT molecular complexity index is 341. The van der Waals surface area contributed by atoms with Crippen molar-refractivity contribution in [3.8, 4) is 17.9 Å². The van der Waals surface area contributed by atoms with Gasteiger partial charge in [-0.15, -0.1) is 0 Å². The molecule has 0 heterocycles. The standard InChI is InChI=1S/C8H4N2O2/c9-4-6-1-7(5-10)3-8(2-6)12-11/h1-3,11H. The van der Waals surface area contributed by atoms with Gasteiger partial charge >= 0.3 is 0 Å². The molecule has 0 atom stereocenters. The third-order valence-corrected chi connectivity index (χ3v) is 1.27. The van der Waals surface area contributed by atoms with Gasteiger partial charge in [0.1, 0.15) is 0 Å². The summed E-state index contributed by atoms with van der Waals surface area (Å²) in [6, 6.07) is 7.74. The number of rotatable bonds is 1. The minimum Gasteiger partial charge on any atom is -0.340 e. The highest BCUT2D eigenvalue weighted by Gasteiger charge is 2.00. The van der Waals surface area contributed by atoms with Crippen molar-refractivity contribution in [3.63, 3.8) is 0 Å². The molecule has 0 aliphatic carbocycles. The second-order valence-electron chi connectivity index (χ2n) is 2.06. The molecule has 1 N–H and O–H groups in total. The van der Waals surface area contributed by atoms with Gasteiger partial charge in [-0.3, -0.25) is 0 Å². The van der Waals surface area contributed by atoms with Crippen LogP contribution in [-0.4, -0.2) is 5.26 Å². The molecular formula is C8H4N2O2. The maximum Gasteiger partial charge on any atom is 0.167 e. The van der Waals surface area contributed by atoms with Gasteiger partial charge in [0.2, 0.25) is 0 Å². The molecule has 0 spiro atoms. The van der Waals surface area contributed by atoms with Crippen molar-refractivity contribution < 1.29 is 10.1 Å². The zero-order valence-electron chi connectivity index (χ0n) is 5.98. The van der Waals surface area contributed by atoms with E-state index in [1.165, 1.54) is 18.2 Å². The van der Waals surface area contributed by atoms with Crippen molar-refractivity contribution in [2.24, 2.45) is 0 Å². The summed E-state index contributed by atoms with van der Waals surface area (Å²) in [6.07, 6.45) is 0. The van der Waals surface area contributed by atoms with Gasteiger partial charge in [0.15, 0.2) is 5.75 Å². The van der Waals surface area contributed by atoms with Crippen molar-refractivity contribution in [2.45, 2.75) is 0 Å². The van der Waals surface area contributed by atoms with E-state index in [2.05, 4.69) is 4.89 Å². The highest BCUT2D eigenvalue weighted by molar-refractivity contribution is 5.45. The topological polar surface area (TPSA) is 77.0 Å². The first-order valence-electron chi connectivity index (χ1n) is 3.07. The lowest BCUT2D eigenvalue weighted by Crippen LogP contribution is -1.86. The minimum absolute atomic E-state index is 0.0885. The minimum atomic E-state index is 0.0885. The average molecular weight is 160 g/mol. The molecule has 4 nitrogen and oxygen atoms in total. The van der Waals surface area contributed by atoms with E-state index in [1.807, 2.05) is 12.1 Å². The summed E-state index contributed by atoms with van der Waals surface area (Å²) < 4.78 is 0. The van der Waals surface area contributed by atoms with E-state index >= 15 is 0 Å². The molecule has 0 saturated heterocycles. The molecule has 4 heteroatoms. The van der Waals surface area contributed by atoms with Crippen LogP contribution in [0.3, 0.4) is 0 Å². The Kier molecular flexibility index (Phi) is 2.27. The Balaban J connectivity index is 3.24. The van der Waals surface area contributed by atoms with Gasteiger partial charge in [0.25, 0.3) is 0 Å². The van der Waals surface area contributed by atoms with E-state index in [4.69, 9.17) is 15.8 Å². The molecule has 1 aromatic rings. The number of nitriles is 2. The molecule has 1 rings (SSSR count). The normalized spacial score (nSPS) is 8.25. The Morgan fingerprint density at radius 3 is 1.92 bits per heavy atom. The Morgan fingerprint density at radius 2 is 1.58 bits per heavy atom. The molecule has 0 saturated carbocycles. The average Bonchev–Trinajstić information content (AvgIpc) is 2.16. The molecule has 1 aromatic carbocycles. The predicted octanol–water partition coefficient (Wildman–Crippen LogP) is 1.28. The van der Waals surface area contributed by atoms with E-state index in [-0.39, 0.29) is 16.9 Å². The molecule has 0 aliphatic rings. The van der Waals surface area contributed by atoms with E-state index < -0.39 is 0 Å². The highest BCUT2D eigenvalue weighted by atomic mass is 17.1. The summed E-state index contributed by atoms with van der Waals surface area (Å²) in [5, 5.41) is 25.2. The Morgan fingerprint density at radius 1 is 1.08 bits per heavy atom. The van der Waals surface area contributed by atoms with Gasteiger partial charge < -0.3 is 4.89 Å². The molecule has 0 radical (unpaired) electrons. The number of hydrogen-bond acceptors (Lipinski definition) is 4. The molecule has 58 valence electrons. The SMILES string of the molecule is N#Cc1cc(C#N)cc(OO)c1. The summed E-state index contributed by atoms with van der Waals surface area (Å²) >= 11 is 0. The maximum atomic E-state index is 8.48. The second-order valence-corrected chi connectivity index (χ2v) is 2.06. The van der Waals surface area contributed by atoms with Crippen LogP contribution in [0.4, 0.5) is 0 Å². The molecule has 0 aromatic heterocycles. The maximum absolute atomic E-state index is 8.48. The molecule has 12 heavy (non-hydrogen) atoms. The van der Waals surface area contributed by atoms with E-state index in [9.17, 15) is 0 Å². The molecule has 0 bridgehead atoms. The van der Waals surface area contributed by atoms with Gasteiger partial charge in [0.05, 0.1) is 23.3 Å². The highest BCUT2D eigenvalue weighted by Crippen LogP contribution is 2.15. The summed E-state index contributed by atoms with van der Waals surface area (Å²) in [5.74, 6) is 0.0885. The van der Waals surface area contributed by atoms with Crippen molar-refractivity contribution in [3.05, 3.63) is 29.3 Å². The van der Waals surface area contributed by atoms with Crippen LogP contribution in [-0.2, 0) is 0 Å². The van der Waals surface area contributed by atoms with Crippen LogP contribution in [0.15, 0.2) is 18.2 Å². The van der Waals surface area contributed by atoms with E-state index in [0.717, 1.165) is 0 Å². The summed E-state index contributed by atoms with van der Waals surface area (Å²) in [5.41, 5.74) is 0.552. The molecule has 0 aliphatic heterocycles. The van der Waals surface area contributed by atoms with Crippen molar-refractivity contribution in [2.75, 3.05) is 0 Å². The number of nitrogens with zero attached hydrogens (tertiary/aromatic N) is 2. The van der Waals surface area contributed by atoms with Gasteiger partial charge in [-0.1, -0.05) is 0 Å². The first-order valence-corrected chi connectivity index (χ1v) is 3.07. The van der Waals surface area contributed by atoms with E-state index in [1.54, 1.807) is 0 Å². The summed E-state index contributed by atoms with van der Waals surface area (Å²) in [7, 11) is 0. The Labute approximate surface area is 68.8 Å². The quantitative estimate of drug-likeness (QED) is 0.495. The zero-order valence-corrected chi connectivity index (χ0v) is 5.98.